The highest BCUT2D eigenvalue weighted by Gasteiger charge is 2.24. The molecule has 1 N–H and O–H groups in total. The number of nitrogens with one attached hydrogen (secondary N) is 1. The Morgan fingerprint density at radius 2 is 1.92 bits per heavy atom. The van der Waals surface area contributed by atoms with Crippen LogP contribution in [0.2, 0.25) is 0 Å². The molecule has 0 spiro atoms. The Balaban J connectivity index is 1.71. The summed E-state index contributed by atoms with van der Waals surface area (Å²) in [6.07, 6.45) is 2.71. The second-order valence-electron chi connectivity index (χ2n) is 10.4. The molecule has 8 nitrogen and oxygen atoms in total. The Labute approximate surface area is 212 Å². The summed E-state index contributed by atoms with van der Waals surface area (Å²) in [6, 6.07) is 14.7. The molecule has 0 saturated carbocycles. The maximum atomic E-state index is 14.0. The van der Waals surface area contributed by atoms with Gasteiger partial charge >= 0.3 is 6.09 Å². The van der Waals surface area contributed by atoms with E-state index in [1.165, 1.54) is 12.8 Å². The first kappa shape index (κ1) is 25.7. The monoisotopic (exact) mass is 492 g/mol. The van der Waals surface area contributed by atoms with Crippen molar-refractivity contribution in [1.29, 1.82) is 0 Å². The van der Waals surface area contributed by atoms with E-state index in [1.807, 2.05) is 42.5 Å². The molecule has 1 aliphatic rings. The van der Waals surface area contributed by atoms with Crippen LogP contribution in [-0.4, -0.2) is 52.4 Å². The summed E-state index contributed by atoms with van der Waals surface area (Å²) in [5.41, 5.74) is 0.300. The van der Waals surface area contributed by atoms with Crippen LogP contribution in [0, 0.1) is 0 Å². The molecule has 1 aliphatic heterocycles. The van der Waals surface area contributed by atoms with Gasteiger partial charge in [0.2, 0.25) is 0 Å². The minimum atomic E-state index is -0.640. The maximum Gasteiger partial charge on any atom is 0.408 e. The van der Waals surface area contributed by atoms with Gasteiger partial charge in [0, 0.05) is 6.04 Å². The van der Waals surface area contributed by atoms with E-state index in [0.29, 0.717) is 40.8 Å². The zero-order chi connectivity index (χ0) is 25.9. The van der Waals surface area contributed by atoms with Crippen molar-refractivity contribution in [2.75, 3.05) is 20.2 Å². The van der Waals surface area contributed by atoms with Gasteiger partial charge in [-0.05, 0) is 84.8 Å². The standard InChI is InChI=1S/C28H36N4O4/c1-19(29-27(34)36-28(2,3)4)25-30-22-14-9-15-23(35-18-16-20-13-10-17-31(20)5)24(22)26(33)32(25)21-11-7-6-8-12-21/h6-9,11-12,14-15,19-20H,10,13,16-18H2,1-5H3,(H,29,34)/t19-,20?/m0/s1. The molecule has 2 aromatic carbocycles. The number of benzene rings is 2. The lowest BCUT2D eigenvalue weighted by Gasteiger charge is -2.23. The van der Waals surface area contributed by atoms with E-state index >= 15 is 0 Å². The van der Waals surface area contributed by atoms with E-state index in [2.05, 4.69) is 17.3 Å². The number of alkyl carbamates (subject to hydrolysis) is 1. The van der Waals surface area contributed by atoms with Gasteiger partial charge in [0.05, 0.1) is 23.9 Å². The Kier molecular flexibility index (Phi) is 7.64. The number of aromatic nitrogens is 2. The molecule has 192 valence electrons. The average molecular weight is 493 g/mol. The number of amides is 1. The van der Waals surface area contributed by atoms with Crippen LogP contribution in [0.3, 0.4) is 0 Å². The van der Waals surface area contributed by atoms with Gasteiger partial charge < -0.3 is 19.7 Å². The van der Waals surface area contributed by atoms with Gasteiger partial charge in [0.1, 0.15) is 22.6 Å². The molecule has 2 atom stereocenters. The van der Waals surface area contributed by atoms with Crippen LogP contribution >= 0.6 is 0 Å². The summed E-state index contributed by atoms with van der Waals surface area (Å²) in [6.45, 7) is 8.84. The maximum absolute atomic E-state index is 14.0. The lowest BCUT2D eigenvalue weighted by atomic mass is 10.1. The third-order valence-electron chi connectivity index (χ3n) is 6.40. The summed E-state index contributed by atoms with van der Waals surface area (Å²) < 4.78 is 13.1. The molecular formula is C28H36N4O4. The summed E-state index contributed by atoms with van der Waals surface area (Å²) in [5.74, 6) is 0.934. The smallest absolute Gasteiger partial charge is 0.408 e. The number of nitrogens with zero attached hydrogens (tertiary/aromatic N) is 3. The van der Waals surface area contributed by atoms with Gasteiger partial charge in [-0.3, -0.25) is 9.36 Å². The minimum absolute atomic E-state index is 0.243. The highest BCUT2D eigenvalue weighted by Crippen LogP contribution is 2.26. The van der Waals surface area contributed by atoms with Crippen molar-refractivity contribution in [3.63, 3.8) is 0 Å². The van der Waals surface area contributed by atoms with Gasteiger partial charge in [-0.15, -0.1) is 0 Å². The number of hydrogen-bond donors (Lipinski definition) is 1. The molecule has 1 amide bonds. The Morgan fingerprint density at radius 1 is 1.17 bits per heavy atom. The largest absolute Gasteiger partial charge is 0.493 e. The van der Waals surface area contributed by atoms with E-state index in [0.717, 1.165) is 13.0 Å². The van der Waals surface area contributed by atoms with Crippen LogP contribution in [-0.2, 0) is 4.74 Å². The fraction of sp³-hybridized carbons (Fsp3) is 0.464. The lowest BCUT2D eigenvalue weighted by Crippen LogP contribution is -2.37. The molecule has 0 bridgehead atoms. The predicted octanol–water partition coefficient (Wildman–Crippen LogP) is 4.83. The Hall–Kier alpha value is -3.39. The van der Waals surface area contributed by atoms with Crippen molar-refractivity contribution < 1.29 is 14.3 Å². The number of para-hydroxylation sites is 1. The van der Waals surface area contributed by atoms with Gasteiger partial charge in [0.15, 0.2) is 0 Å². The fourth-order valence-electron chi connectivity index (χ4n) is 4.65. The summed E-state index contributed by atoms with van der Waals surface area (Å²) in [4.78, 5) is 33.6. The van der Waals surface area contributed by atoms with Crippen LogP contribution in [0.4, 0.5) is 4.79 Å². The lowest BCUT2D eigenvalue weighted by molar-refractivity contribution is 0.0505. The molecule has 4 rings (SSSR count). The van der Waals surface area contributed by atoms with Gasteiger partial charge in [-0.25, -0.2) is 9.78 Å². The minimum Gasteiger partial charge on any atom is -0.493 e. The number of carbonyl (C=O) groups excluding carboxylic acids is 1. The molecule has 2 heterocycles. The zero-order valence-electron chi connectivity index (χ0n) is 21.8. The van der Waals surface area contributed by atoms with Gasteiger partial charge in [-0.2, -0.15) is 0 Å². The fourth-order valence-corrected chi connectivity index (χ4v) is 4.65. The topological polar surface area (TPSA) is 85.7 Å². The first-order chi connectivity index (χ1) is 17.1. The number of carbonyl (C=O) groups is 1. The number of likely N-dealkylation sites (tertiary alicyclic amines) is 1. The molecule has 1 fully saturated rings. The van der Waals surface area contributed by atoms with Gasteiger partial charge in [-0.1, -0.05) is 24.3 Å². The van der Waals surface area contributed by atoms with E-state index in [-0.39, 0.29) is 5.56 Å². The molecule has 1 unspecified atom stereocenters. The number of ether oxygens (including phenoxy) is 2. The highest BCUT2D eigenvalue weighted by molar-refractivity contribution is 5.84. The molecule has 0 radical (unpaired) electrons. The van der Waals surface area contributed by atoms with E-state index < -0.39 is 17.7 Å². The van der Waals surface area contributed by atoms with Crippen molar-refractivity contribution in [2.45, 2.75) is 64.6 Å². The highest BCUT2D eigenvalue weighted by atomic mass is 16.6. The SMILES string of the molecule is C[C@H](NC(=O)OC(C)(C)C)c1nc2cccc(OCCC3CCCN3C)c2c(=O)n1-c1ccccc1. The first-order valence-electron chi connectivity index (χ1n) is 12.6. The molecule has 1 saturated heterocycles. The van der Waals surface area contributed by atoms with Crippen molar-refractivity contribution in [3.05, 3.63) is 64.7 Å². The number of rotatable bonds is 7. The predicted molar refractivity (Wildman–Crippen MR) is 141 cm³/mol. The van der Waals surface area contributed by atoms with Crippen molar-refractivity contribution in [2.24, 2.45) is 0 Å². The molecule has 8 heteroatoms. The first-order valence-corrected chi connectivity index (χ1v) is 12.6. The van der Waals surface area contributed by atoms with Crippen molar-refractivity contribution in [3.8, 4) is 11.4 Å². The van der Waals surface area contributed by atoms with E-state index in [9.17, 15) is 9.59 Å². The van der Waals surface area contributed by atoms with Crippen LogP contribution in [0.15, 0.2) is 53.3 Å². The molecular weight excluding hydrogens is 456 g/mol. The van der Waals surface area contributed by atoms with E-state index in [4.69, 9.17) is 14.5 Å². The van der Waals surface area contributed by atoms with Crippen LogP contribution < -0.4 is 15.6 Å². The second kappa shape index (κ2) is 10.7. The van der Waals surface area contributed by atoms with Crippen LogP contribution in [0.25, 0.3) is 16.6 Å². The Morgan fingerprint density at radius 3 is 2.58 bits per heavy atom. The molecule has 3 aromatic rings. The molecule has 0 aliphatic carbocycles. The second-order valence-corrected chi connectivity index (χ2v) is 10.4. The third-order valence-corrected chi connectivity index (χ3v) is 6.40. The third kappa shape index (κ3) is 5.87. The summed E-state index contributed by atoms with van der Waals surface area (Å²) >= 11 is 0. The average Bonchev–Trinajstić information content (AvgIpc) is 3.22. The van der Waals surface area contributed by atoms with Crippen molar-refractivity contribution in [1.82, 2.24) is 19.8 Å². The number of fused-ring (bicyclic) bond motifs is 1. The number of hydrogen-bond acceptors (Lipinski definition) is 6. The normalized spacial score (nSPS) is 17.2. The zero-order valence-corrected chi connectivity index (χ0v) is 21.8. The molecule has 36 heavy (non-hydrogen) atoms. The summed E-state index contributed by atoms with van der Waals surface area (Å²) in [7, 11) is 2.14. The van der Waals surface area contributed by atoms with Crippen LogP contribution in [0.5, 0.6) is 5.75 Å². The Bertz CT molecular complexity index is 1270. The molecule has 1 aromatic heterocycles. The summed E-state index contributed by atoms with van der Waals surface area (Å²) in [5, 5.41) is 3.25. The van der Waals surface area contributed by atoms with Crippen molar-refractivity contribution >= 4 is 17.0 Å². The van der Waals surface area contributed by atoms with Gasteiger partial charge in [0.25, 0.3) is 5.56 Å². The quantitative estimate of drug-likeness (QED) is 0.508. The van der Waals surface area contributed by atoms with E-state index in [1.54, 1.807) is 38.3 Å². The van der Waals surface area contributed by atoms with Crippen LogP contribution in [0.1, 0.15) is 58.8 Å².